The summed E-state index contributed by atoms with van der Waals surface area (Å²) in [6.45, 7) is 2.23. The minimum absolute atomic E-state index is 0.0728. The molecule has 2 heterocycles. The Balaban J connectivity index is 1.11. The molecule has 0 spiro atoms. The molecule has 1 aromatic carbocycles. The second kappa shape index (κ2) is 6.94. The summed E-state index contributed by atoms with van der Waals surface area (Å²) in [7, 11) is 0. The third-order valence-electron chi connectivity index (χ3n) is 7.82. The average Bonchev–Trinajstić information content (AvgIpc) is 3.09. The average molecular weight is 422 g/mol. The molecular weight excluding hydrogens is 394 g/mol. The number of fused-ring (bicyclic) bond motifs is 3. The maximum absolute atomic E-state index is 12.7. The van der Waals surface area contributed by atoms with Crippen molar-refractivity contribution >= 4 is 39.7 Å². The van der Waals surface area contributed by atoms with Gasteiger partial charge in [-0.25, -0.2) is 4.98 Å². The summed E-state index contributed by atoms with van der Waals surface area (Å²) < 4.78 is 0. The lowest BCUT2D eigenvalue weighted by atomic mass is 9.48. The van der Waals surface area contributed by atoms with Crippen molar-refractivity contribution in [3.05, 3.63) is 24.3 Å². The highest BCUT2D eigenvalue weighted by Gasteiger charge is 2.53. The monoisotopic (exact) mass is 421 g/mol. The number of nitrogens with zero attached hydrogens (tertiary/aromatic N) is 3. The van der Waals surface area contributed by atoms with Crippen molar-refractivity contribution in [3.8, 4) is 0 Å². The molecule has 1 amide bonds. The van der Waals surface area contributed by atoms with Crippen LogP contribution in [0.4, 0.5) is 0 Å². The molecule has 4 aliphatic carbocycles. The molecule has 30 heavy (non-hydrogen) atoms. The van der Waals surface area contributed by atoms with Crippen molar-refractivity contribution < 1.29 is 4.79 Å². The first-order valence-electron chi connectivity index (χ1n) is 11.1. The highest BCUT2D eigenvalue weighted by atomic mass is 32.2. The van der Waals surface area contributed by atoms with Crippen LogP contribution in [0.5, 0.6) is 0 Å². The number of carbonyl (C=O) groups excluding carboxylic acids is 1. The molecule has 1 atom stereocenters. The molecule has 7 heteroatoms. The van der Waals surface area contributed by atoms with Crippen LogP contribution in [0.3, 0.4) is 0 Å². The predicted octanol–water partition coefficient (Wildman–Crippen LogP) is 4.32. The van der Waals surface area contributed by atoms with Crippen LogP contribution in [-0.4, -0.2) is 37.9 Å². The number of hydrogen-bond acceptors (Lipinski definition) is 5. The van der Waals surface area contributed by atoms with E-state index in [1.807, 2.05) is 24.3 Å². The lowest BCUT2D eigenvalue weighted by Crippen LogP contribution is -2.56. The third kappa shape index (κ3) is 3.09. The molecule has 2 N–H and O–H groups in total. The summed E-state index contributed by atoms with van der Waals surface area (Å²) in [4.78, 5) is 20.6. The molecule has 3 aromatic rings. The van der Waals surface area contributed by atoms with Crippen LogP contribution < -0.4 is 5.32 Å². The largest absolute Gasteiger partial charge is 0.352 e. The molecule has 2 aromatic heterocycles. The van der Waals surface area contributed by atoms with Crippen molar-refractivity contribution in [1.29, 1.82) is 0 Å². The van der Waals surface area contributed by atoms with E-state index in [2.05, 4.69) is 32.4 Å². The number of hydrogen-bond donors (Lipinski definition) is 2. The van der Waals surface area contributed by atoms with E-state index in [0.717, 1.165) is 39.8 Å². The molecular formula is C23H27N5OS. The topological polar surface area (TPSA) is 83.6 Å². The standard InChI is InChI=1S/C23H27N5OS/c1-13(23-9-14-6-15(10-23)8-16(7-14)11-23)24-19(29)12-30-22-26-21-20(27-28-22)17-4-2-3-5-18(17)25-21/h2-5,13-16H,6-12H2,1H3,(H,24,29)(H,25,26,28)/t13-,14?,15?,16?,23?/m0/s1. The van der Waals surface area contributed by atoms with Crippen LogP contribution in [0.25, 0.3) is 22.1 Å². The van der Waals surface area contributed by atoms with Crippen molar-refractivity contribution in [3.63, 3.8) is 0 Å². The van der Waals surface area contributed by atoms with Gasteiger partial charge in [-0.2, -0.15) is 0 Å². The lowest BCUT2D eigenvalue weighted by Gasteiger charge is -2.59. The smallest absolute Gasteiger partial charge is 0.230 e. The maximum Gasteiger partial charge on any atom is 0.230 e. The number of nitrogens with one attached hydrogen (secondary N) is 2. The van der Waals surface area contributed by atoms with Crippen LogP contribution in [0.1, 0.15) is 45.4 Å². The summed E-state index contributed by atoms with van der Waals surface area (Å²) >= 11 is 1.36. The molecule has 6 nitrogen and oxygen atoms in total. The van der Waals surface area contributed by atoms with Gasteiger partial charge in [-0.1, -0.05) is 30.0 Å². The van der Waals surface area contributed by atoms with E-state index in [1.165, 1.54) is 50.3 Å². The summed E-state index contributed by atoms with van der Waals surface area (Å²) in [5.41, 5.74) is 2.82. The molecule has 0 aliphatic heterocycles. The van der Waals surface area contributed by atoms with E-state index < -0.39 is 0 Å². The Hall–Kier alpha value is -2.15. The van der Waals surface area contributed by atoms with Crippen molar-refractivity contribution in [2.24, 2.45) is 23.2 Å². The number of aromatic nitrogens is 4. The van der Waals surface area contributed by atoms with E-state index in [1.54, 1.807) is 0 Å². The molecule has 4 bridgehead atoms. The first-order chi connectivity index (χ1) is 14.6. The third-order valence-corrected chi connectivity index (χ3v) is 8.65. The Morgan fingerprint density at radius 3 is 2.60 bits per heavy atom. The van der Waals surface area contributed by atoms with Gasteiger partial charge in [0.2, 0.25) is 11.1 Å². The minimum atomic E-state index is 0.0728. The minimum Gasteiger partial charge on any atom is -0.352 e. The number of H-pyrrole nitrogens is 1. The van der Waals surface area contributed by atoms with Gasteiger partial charge < -0.3 is 10.3 Å². The second-order valence-corrected chi connectivity index (χ2v) is 10.8. The number of rotatable bonds is 5. The van der Waals surface area contributed by atoms with Crippen LogP contribution in [0.15, 0.2) is 29.4 Å². The van der Waals surface area contributed by atoms with Crippen molar-refractivity contribution in [2.75, 3.05) is 5.75 Å². The summed E-state index contributed by atoms with van der Waals surface area (Å²) in [5.74, 6) is 3.08. The fraction of sp³-hybridized carbons (Fsp3) is 0.565. The fourth-order valence-electron chi connectivity index (χ4n) is 6.84. The van der Waals surface area contributed by atoms with Gasteiger partial charge in [0.05, 0.1) is 5.75 Å². The molecule has 156 valence electrons. The number of thioether (sulfide) groups is 1. The van der Waals surface area contributed by atoms with Gasteiger partial charge in [-0.05, 0) is 74.7 Å². The summed E-state index contributed by atoms with van der Waals surface area (Å²) in [5, 5.41) is 13.5. The molecule has 0 radical (unpaired) electrons. The SMILES string of the molecule is C[C@H](NC(=O)CSc1nnc2c(n1)[nH]c1ccccc12)C12CC3CC(CC(C3)C1)C2. The van der Waals surface area contributed by atoms with Crippen molar-refractivity contribution in [1.82, 2.24) is 25.5 Å². The van der Waals surface area contributed by atoms with Gasteiger partial charge in [-0.15, -0.1) is 10.2 Å². The van der Waals surface area contributed by atoms with Gasteiger partial charge in [0.15, 0.2) is 5.65 Å². The van der Waals surface area contributed by atoms with Gasteiger partial charge >= 0.3 is 0 Å². The van der Waals surface area contributed by atoms with E-state index in [4.69, 9.17) is 0 Å². The Kier molecular flexibility index (Phi) is 4.30. The number of aromatic amines is 1. The van der Waals surface area contributed by atoms with Gasteiger partial charge in [0.1, 0.15) is 5.52 Å². The summed E-state index contributed by atoms with van der Waals surface area (Å²) in [6.07, 6.45) is 8.19. The Labute approximate surface area is 180 Å². The zero-order chi connectivity index (χ0) is 20.3. The van der Waals surface area contributed by atoms with E-state index in [9.17, 15) is 4.79 Å². The van der Waals surface area contributed by atoms with E-state index in [0.29, 0.717) is 16.3 Å². The normalized spacial score (nSPS) is 30.8. The molecule has 0 saturated heterocycles. The number of para-hydroxylation sites is 1. The first-order valence-corrected chi connectivity index (χ1v) is 12.1. The number of carbonyl (C=O) groups is 1. The lowest BCUT2D eigenvalue weighted by molar-refractivity contribution is -0.123. The van der Waals surface area contributed by atoms with Crippen molar-refractivity contribution in [2.45, 2.75) is 56.6 Å². The summed E-state index contributed by atoms with van der Waals surface area (Å²) in [6, 6.07) is 8.22. The predicted molar refractivity (Wildman–Crippen MR) is 118 cm³/mol. The maximum atomic E-state index is 12.7. The van der Waals surface area contributed by atoms with Crippen LogP contribution in [0, 0.1) is 23.2 Å². The van der Waals surface area contributed by atoms with Gasteiger partial charge in [0, 0.05) is 16.9 Å². The Morgan fingerprint density at radius 1 is 1.17 bits per heavy atom. The second-order valence-electron chi connectivity index (χ2n) is 9.82. The molecule has 4 fully saturated rings. The zero-order valence-electron chi connectivity index (χ0n) is 17.2. The fourth-order valence-corrected chi connectivity index (χ4v) is 7.44. The quantitative estimate of drug-likeness (QED) is 0.600. The first kappa shape index (κ1) is 18.6. The highest BCUT2D eigenvalue weighted by Crippen LogP contribution is 2.61. The molecule has 4 saturated carbocycles. The van der Waals surface area contributed by atoms with E-state index >= 15 is 0 Å². The molecule has 4 aliphatic rings. The van der Waals surface area contributed by atoms with E-state index in [-0.39, 0.29) is 11.9 Å². The molecule has 0 unspecified atom stereocenters. The zero-order valence-corrected chi connectivity index (χ0v) is 18.0. The van der Waals surface area contributed by atoms with Gasteiger partial charge in [-0.3, -0.25) is 4.79 Å². The number of amides is 1. The van der Waals surface area contributed by atoms with Gasteiger partial charge in [0.25, 0.3) is 0 Å². The Morgan fingerprint density at radius 2 is 1.87 bits per heavy atom. The van der Waals surface area contributed by atoms with Crippen LogP contribution in [0.2, 0.25) is 0 Å². The van der Waals surface area contributed by atoms with Crippen LogP contribution in [-0.2, 0) is 4.79 Å². The number of benzene rings is 1. The highest BCUT2D eigenvalue weighted by molar-refractivity contribution is 7.99. The Bertz CT molecular complexity index is 1090. The van der Waals surface area contributed by atoms with Crippen LogP contribution >= 0.6 is 11.8 Å². The molecule has 7 rings (SSSR count).